The third kappa shape index (κ3) is 8.99. The lowest BCUT2D eigenvalue weighted by atomic mass is 9.67. The molecule has 1 aliphatic carbocycles. The van der Waals surface area contributed by atoms with E-state index in [1.165, 1.54) is 38.5 Å². The van der Waals surface area contributed by atoms with Crippen molar-refractivity contribution in [1.82, 2.24) is 0 Å². The van der Waals surface area contributed by atoms with Gasteiger partial charge in [0.15, 0.2) is 0 Å². The van der Waals surface area contributed by atoms with E-state index in [4.69, 9.17) is 6.42 Å². The number of hydrogen-bond acceptors (Lipinski definition) is 0. The molecule has 0 aromatic rings. The second-order valence-electron chi connectivity index (χ2n) is 8.54. The molecule has 25 heavy (non-hydrogen) atoms. The maximum absolute atomic E-state index is 5.64. The van der Waals surface area contributed by atoms with Gasteiger partial charge in [-0.05, 0) is 68.1 Å². The molecule has 0 amide bonds. The molecule has 0 spiro atoms. The Hall–Kier alpha value is -0.700. The van der Waals surface area contributed by atoms with Crippen LogP contribution in [0.5, 0.6) is 0 Å². The highest BCUT2D eigenvalue weighted by atomic mass is 14.4. The summed E-state index contributed by atoms with van der Waals surface area (Å²) in [5.41, 5.74) is 1.58. The summed E-state index contributed by atoms with van der Waals surface area (Å²) in [6.45, 7) is 18.1. The second-order valence-corrected chi connectivity index (χ2v) is 8.54. The van der Waals surface area contributed by atoms with Gasteiger partial charge in [-0.15, -0.1) is 12.3 Å². The zero-order valence-corrected chi connectivity index (χ0v) is 18.6. The molecule has 1 rings (SSSR count). The molecule has 0 aliphatic heterocycles. The van der Waals surface area contributed by atoms with E-state index in [0.717, 1.165) is 36.0 Å². The summed E-state index contributed by atoms with van der Waals surface area (Å²) >= 11 is 0. The van der Waals surface area contributed by atoms with Gasteiger partial charge in [-0.2, -0.15) is 0 Å². The third-order valence-electron chi connectivity index (χ3n) is 6.16. The van der Waals surface area contributed by atoms with Crippen LogP contribution in [-0.4, -0.2) is 0 Å². The van der Waals surface area contributed by atoms with Crippen LogP contribution in [0.1, 0.15) is 100 Å². The zero-order valence-electron chi connectivity index (χ0n) is 18.6. The van der Waals surface area contributed by atoms with Crippen LogP contribution in [-0.2, 0) is 0 Å². The molecule has 3 unspecified atom stereocenters. The summed E-state index contributed by atoms with van der Waals surface area (Å²) in [5, 5.41) is 0. The number of terminal acetylenes is 1. The van der Waals surface area contributed by atoms with E-state index in [9.17, 15) is 0 Å². The van der Waals surface area contributed by atoms with E-state index in [2.05, 4.69) is 53.5 Å². The van der Waals surface area contributed by atoms with E-state index in [0.29, 0.717) is 5.92 Å². The second kappa shape index (κ2) is 13.5. The van der Waals surface area contributed by atoms with Crippen LogP contribution in [0.4, 0.5) is 0 Å². The molecule has 3 atom stereocenters. The van der Waals surface area contributed by atoms with Crippen molar-refractivity contribution >= 4 is 0 Å². The Morgan fingerprint density at radius 3 is 2.16 bits per heavy atom. The van der Waals surface area contributed by atoms with Crippen LogP contribution in [0, 0.1) is 47.9 Å². The first-order valence-electron chi connectivity index (χ1n) is 11.0. The summed E-state index contributed by atoms with van der Waals surface area (Å²) < 4.78 is 0. The van der Waals surface area contributed by atoms with Crippen LogP contribution in [0.3, 0.4) is 0 Å². The van der Waals surface area contributed by atoms with Crippen LogP contribution < -0.4 is 0 Å². The molecule has 146 valence electrons. The fraction of sp³-hybridized carbons (Fsp3) is 0.840. The van der Waals surface area contributed by atoms with E-state index >= 15 is 0 Å². The van der Waals surface area contributed by atoms with Gasteiger partial charge >= 0.3 is 0 Å². The lowest BCUT2D eigenvalue weighted by molar-refractivity contribution is 0.132. The predicted octanol–water partition coefficient (Wildman–Crippen LogP) is 8.13. The number of allylic oxidation sites excluding steroid dienone is 2. The Bertz CT molecular complexity index is 389. The molecular formula is C25H46. The predicted molar refractivity (Wildman–Crippen MR) is 116 cm³/mol. The van der Waals surface area contributed by atoms with Crippen molar-refractivity contribution in [3.63, 3.8) is 0 Å². The average molecular weight is 347 g/mol. The minimum absolute atomic E-state index is 0.574. The van der Waals surface area contributed by atoms with E-state index in [1.807, 2.05) is 13.8 Å². The van der Waals surface area contributed by atoms with Crippen molar-refractivity contribution in [2.45, 2.75) is 100 Å². The quantitative estimate of drug-likeness (QED) is 0.276. The summed E-state index contributed by atoms with van der Waals surface area (Å²) in [6.07, 6.45) is 17.1. The number of rotatable bonds is 10. The van der Waals surface area contributed by atoms with Gasteiger partial charge in [-0.1, -0.05) is 73.0 Å². The van der Waals surface area contributed by atoms with E-state index in [-0.39, 0.29) is 0 Å². The molecule has 0 heteroatoms. The minimum Gasteiger partial charge on any atom is -0.120 e. The van der Waals surface area contributed by atoms with Gasteiger partial charge < -0.3 is 0 Å². The molecule has 0 heterocycles. The SMILES string of the molecule is C#CCC(C=C(C)CC(CC)C1CC(C)C1)CC(CC)C(C)C.CC. The molecule has 0 aromatic carbocycles. The molecule has 1 fully saturated rings. The van der Waals surface area contributed by atoms with Gasteiger partial charge in [0.05, 0.1) is 0 Å². The standard InChI is InChI=1S/C23H40.C2H6/c1-8-11-20(16-21(9-2)17(4)5)12-18(6)13-22(10-3)23-14-19(7)15-23;1-2/h1,12,17,19-23H,9-11,13-16H2,2-7H3;1-2H3. The fourth-order valence-electron chi connectivity index (χ4n) is 4.54. The Labute approximate surface area is 160 Å². The summed E-state index contributed by atoms with van der Waals surface area (Å²) in [5.74, 6) is 7.87. The van der Waals surface area contributed by atoms with Crippen LogP contribution in [0.15, 0.2) is 11.6 Å². The first-order valence-corrected chi connectivity index (χ1v) is 11.0. The summed E-state index contributed by atoms with van der Waals surface area (Å²) in [4.78, 5) is 0. The lowest BCUT2D eigenvalue weighted by Gasteiger charge is -2.39. The van der Waals surface area contributed by atoms with E-state index < -0.39 is 0 Å². The van der Waals surface area contributed by atoms with Gasteiger partial charge in [0.1, 0.15) is 0 Å². The highest BCUT2D eigenvalue weighted by Gasteiger charge is 2.31. The van der Waals surface area contributed by atoms with Crippen LogP contribution >= 0.6 is 0 Å². The van der Waals surface area contributed by atoms with Gasteiger partial charge in [-0.25, -0.2) is 0 Å². The molecular weight excluding hydrogens is 300 g/mol. The largest absolute Gasteiger partial charge is 0.120 e. The molecule has 1 aliphatic rings. The smallest absolute Gasteiger partial charge is 0.0149 e. The average Bonchev–Trinajstić information content (AvgIpc) is 2.56. The molecule has 0 aromatic heterocycles. The van der Waals surface area contributed by atoms with Crippen molar-refractivity contribution < 1.29 is 0 Å². The Kier molecular flexibility index (Phi) is 13.1. The Morgan fingerprint density at radius 1 is 1.16 bits per heavy atom. The normalized spacial score (nSPS) is 23.8. The summed E-state index contributed by atoms with van der Waals surface area (Å²) in [6, 6.07) is 0. The Balaban J connectivity index is 0.00000277. The van der Waals surface area contributed by atoms with Crippen molar-refractivity contribution in [2.24, 2.45) is 35.5 Å². The van der Waals surface area contributed by atoms with Crippen molar-refractivity contribution in [3.8, 4) is 12.3 Å². The van der Waals surface area contributed by atoms with E-state index in [1.54, 1.807) is 5.57 Å². The summed E-state index contributed by atoms with van der Waals surface area (Å²) in [7, 11) is 0. The highest BCUT2D eigenvalue weighted by molar-refractivity contribution is 5.06. The lowest BCUT2D eigenvalue weighted by Crippen LogP contribution is -2.28. The van der Waals surface area contributed by atoms with Gasteiger partial charge in [-0.3, -0.25) is 0 Å². The number of hydrogen-bond donors (Lipinski definition) is 0. The minimum atomic E-state index is 0.574. The maximum Gasteiger partial charge on any atom is 0.0149 e. The van der Waals surface area contributed by atoms with Crippen LogP contribution in [0.25, 0.3) is 0 Å². The molecule has 0 saturated heterocycles. The van der Waals surface area contributed by atoms with Gasteiger partial charge in [0, 0.05) is 6.42 Å². The first-order chi connectivity index (χ1) is 11.9. The molecule has 0 radical (unpaired) electrons. The molecule has 0 nitrogen and oxygen atoms in total. The third-order valence-corrected chi connectivity index (χ3v) is 6.16. The first kappa shape index (κ1) is 24.3. The maximum atomic E-state index is 5.64. The van der Waals surface area contributed by atoms with Crippen LogP contribution in [0.2, 0.25) is 0 Å². The van der Waals surface area contributed by atoms with Crippen molar-refractivity contribution in [1.29, 1.82) is 0 Å². The van der Waals surface area contributed by atoms with Gasteiger partial charge in [0.25, 0.3) is 0 Å². The molecule has 0 N–H and O–H groups in total. The molecule has 0 bridgehead atoms. The Morgan fingerprint density at radius 2 is 1.76 bits per heavy atom. The van der Waals surface area contributed by atoms with Gasteiger partial charge in [0.2, 0.25) is 0 Å². The molecule has 1 saturated carbocycles. The topological polar surface area (TPSA) is 0 Å². The van der Waals surface area contributed by atoms with Crippen molar-refractivity contribution in [2.75, 3.05) is 0 Å². The highest BCUT2D eigenvalue weighted by Crippen LogP contribution is 2.42. The van der Waals surface area contributed by atoms with Crippen molar-refractivity contribution in [3.05, 3.63) is 11.6 Å². The fourth-order valence-corrected chi connectivity index (χ4v) is 4.54. The monoisotopic (exact) mass is 346 g/mol. The zero-order chi connectivity index (χ0) is 19.4.